The molecule has 0 aromatic heterocycles. The Kier molecular flexibility index (Phi) is 3.38. The van der Waals surface area contributed by atoms with E-state index >= 15 is 0 Å². The van der Waals surface area contributed by atoms with Crippen LogP contribution in [-0.2, 0) is 11.2 Å². The van der Waals surface area contributed by atoms with Crippen molar-refractivity contribution in [3.63, 3.8) is 0 Å². The molecule has 0 saturated heterocycles. The maximum absolute atomic E-state index is 11.5. The van der Waals surface area contributed by atoms with Crippen LogP contribution in [-0.4, -0.2) is 30.4 Å². The Labute approximate surface area is 114 Å². The van der Waals surface area contributed by atoms with Crippen LogP contribution in [0.2, 0.25) is 0 Å². The minimum Gasteiger partial charge on any atom is -0.326 e. The SMILES string of the molecule is CCCN1CC=C(c2cccc3c2CC(=O)N3)CC1. The Morgan fingerprint density at radius 3 is 3.00 bits per heavy atom. The second-order valence-electron chi connectivity index (χ2n) is 5.34. The second-order valence-corrected chi connectivity index (χ2v) is 5.34. The lowest BCUT2D eigenvalue weighted by molar-refractivity contribution is -0.115. The van der Waals surface area contributed by atoms with Crippen LogP contribution in [0.15, 0.2) is 24.3 Å². The van der Waals surface area contributed by atoms with E-state index in [1.165, 1.54) is 29.7 Å². The average Bonchev–Trinajstić information content (AvgIpc) is 2.80. The summed E-state index contributed by atoms with van der Waals surface area (Å²) in [6.45, 7) is 5.57. The number of hydrogen-bond donors (Lipinski definition) is 1. The van der Waals surface area contributed by atoms with Gasteiger partial charge in [-0.25, -0.2) is 0 Å². The molecule has 1 aromatic rings. The van der Waals surface area contributed by atoms with Crippen molar-refractivity contribution >= 4 is 17.2 Å². The van der Waals surface area contributed by atoms with Gasteiger partial charge in [-0.2, -0.15) is 0 Å². The molecule has 0 saturated carbocycles. The first-order chi connectivity index (χ1) is 9.28. The van der Waals surface area contributed by atoms with Crippen LogP contribution in [0.25, 0.3) is 5.57 Å². The van der Waals surface area contributed by atoms with E-state index in [-0.39, 0.29) is 5.91 Å². The predicted octanol–water partition coefficient (Wildman–Crippen LogP) is 2.68. The van der Waals surface area contributed by atoms with Gasteiger partial charge >= 0.3 is 0 Å². The topological polar surface area (TPSA) is 32.3 Å². The molecule has 0 fully saturated rings. The van der Waals surface area contributed by atoms with E-state index < -0.39 is 0 Å². The molecule has 0 bridgehead atoms. The third-order valence-electron chi connectivity index (χ3n) is 3.97. The second kappa shape index (κ2) is 5.17. The van der Waals surface area contributed by atoms with Crippen molar-refractivity contribution in [2.75, 3.05) is 25.0 Å². The molecule has 2 aliphatic heterocycles. The van der Waals surface area contributed by atoms with Gasteiger partial charge in [0, 0.05) is 18.8 Å². The quantitative estimate of drug-likeness (QED) is 0.901. The number of nitrogens with zero attached hydrogens (tertiary/aromatic N) is 1. The third kappa shape index (κ3) is 2.43. The van der Waals surface area contributed by atoms with Crippen molar-refractivity contribution in [1.82, 2.24) is 4.90 Å². The van der Waals surface area contributed by atoms with Crippen LogP contribution in [0.5, 0.6) is 0 Å². The van der Waals surface area contributed by atoms with Gasteiger partial charge in [0.05, 0.1) is 6.42 Å². The third-order valence-corrected chi connectivity index (χ3v) is 3.97. The Hall–Kier alpha value is -1.61. The van der Waals surface area contributed by atoms with Gasteiger partial charge in [-0.15, -0.1) is 0 Å². The molecule has 3 rings (SSSR count). The normalized spacial score (nSPS) is 19.0. The molecular weight excluding hydrogens is 236 g/mol. The Bertz CT molecular complexity index is 534. The van der Waals surface area contributed by atoms with Crippen molar-refractivity contribution in [3.05, 3.63) is 35.4 Å². The first-order valence-electron chi connectivity index (χ1n) is 7.11. The highest BCUT2D eigenvalue weighted by Crippen LogP contribution is 2.33. The molecule has 1 aromatic carbocycles. The first kappa shape index (κ1) is 12.4. The van der Waals surface area contributed by atoms with Gasteiger partial charge in [0.1, 0.15) is 0 Å². The van der Waals surface area contributed by atoms with Crippen LogP contribution in [0.4, 0.5) is 5.69 Å². The highest BCUT2D eigenvalue weighted by atomic mass is 16.1. The molecule has 2 aliphatic rings. The van der Waals surface area contributed by atoms with E-state index in [2.05, 4.69) is 29.3 Å². The summed E-state index contributed by atoms with van der Waals surface area (Å²) in [6.07, 6.45) is 5.16. The fraction of sp³-hybridized carbons (Fsp3) is 0.438. The standard InChI is InChI=1S/C16H20N2O/c1-2-8-18-9-6-12(7-10-18)13-4-3-5-15-14(13)11-16(19)17-15/h3-6H,2,7-11H2,1H3,(H,17,19). The molecule has 3 heteroatoms. The Balaban J connectivity index is 1.85. The summed E-state index contributed by atoms with van der Waals surface area (Å²) in [5, 5.41) is 2.93. The number of hydrogen-bond acceptors (Lipinski definition) is 2. The van der Waals surface area contributed by atoms with Crippen LogP contribution < -0.4 is 5.32 Å². The molecule has 2 heterocycles. The fourth-order valence-corrected chi connectivity index (χ4v) is 3.03. The zero-order chi connectivity index (χ0) is 13.2. The lowest BCUT2D eigenvalue weighted by Crippen LogP contribution is -2.29. The fourth-order valence-electron chi connectivity index (χ4n) is 3.03. The highest BCUT2D eigenvalue weighted by molar-refractivity contribution is 6.01. The monoisotopic (exact) mass is 256 g/mol. The van der Waals surface area contributed by atoms with Crippen molar-refractivity contribution in [1.29, 1.82) is 0 Å². The van der Waals surface area contributed by atoms with E-state index in [1.54, 1.807) is 0 Å². The molecule has 0 aliphatic carbocycles. The molecule has 0 spiro atoms. The molecule has 3 nitrogen and oxygen atoms in total. The average molecular weight is 256 g/mol. The molecule has 100 valence electrons. The Morgan fingerprint density at radius 1 is 1.37 bits per heavy atom. The molecule has 0 unspecified atom stereocenters. The summed E-state index contributed by atoms with van der Waals surface area (Å²) >= 11 is 0. The van der Waals surface area contributed by atoms with Gasteiger partial charge in [0.15, 0.2) is 0 Å². The highest BCUT2D eigenvalue weighted by Gasteiger charge is 2.23. The number of rotatable bonds is 3. The number of amides is 1. The van der Waals surface area contributed by atoms with E-state index in [1.807, 2.05) is 12.1 Å². The van der Waals surface area contributed by atoms with Crippen LogP contribution in [0.3, 0.4) is 0 Å². The van der Waals surface area contributed by atoms with E-state index in [0.717, 1.165) is 25.2 Å². The van der Waals surface area contributed by atoms with Gasteiger partial charge in [0.2, 0.25) is 5.91 Å². The summed E-state index contributed by atoms with van der Waals surface area (Å²) in [7, 11) is 0. The maximum atomic E-state index is 11.5. The molecule has 1 N–H and O–H groups in total. The first-order valence-corrected chi connectivity index (χ1v) is 7.11. The van der Waals surface area contributed by atoms with Gasteiger partial charge in [-0.3, -0.25) is 9.69 Å². The van der Waals surface area contributed by atoms with E-state index in [4.69, 9.17) is 0 Å². The molecule has 0 radical (unpaired) electrons. The summed E-state index contributed by atoms with van der Waals surface area (Å²) in [6, 6.07) is 6.19. The van der Waals surface area contributed by atoms with E-state index in [0.29, 0.717) is 6.42 Å². The summed E-state index contributed by atoms with van der Waals surface area (Å²) < 4.78 is 0. The van der Waals surface area contributed by atoms with Crippen LogP contribution >= 0.6 is 0 Å². The van der Waals surface area contributed by atoms with E-state index in [9.17, 15) is 4.79 Å². The minimum atomic E-state index is 0.117. The number of fused-ring (bicyclic) bond motifs is 1. The molecule has 0 atom stereocenters. The smallest absolute Gasteiger partial charge is 0.228 e. The zero-order valence-electron chi connectivity index (χ0n) is 11.4. The maximum Gasteiger partial charge on any atom is 0.228 e. The van der Waals surface area contributed by atoms with Gasteiger partial charge in [0.25, 0.3) is 0 Å². The number of anilines is 1. The molecule has 19 heavy (non-hydrogen) atoms. The minimum absolute atomic E-state index is 0.117. The van der Waals surface area contributed by atoms with Crippen molar-refractivity contribution in [3.8, 4) is 0 Å². The van der Waals surface area contributed by atoms with Gasteiger partial charge in [-0.05, 0) is 42.2 Å². The number of carbonyl (C=O) groups is 1. The lowest BCUT2D eigenvalue weighted by Gasteiger charge is -2.26. The van der Waals surface area contributed by atoms with Crippen molar-refractivity contribution < 1.29 is 4.79 Å². The number of carbonyl (C=O) groups excluding carboxylic acids is 1. The van der Waals surface area contributed by atoms with Crippen LogP contribution in [0, 0.1) is 0 Å². The number of benzene rings is 1. The van der Waals surface area contributed by atoms with Gasteiger partial charge < -0.3 is 5.32 Å². The number of nitrogens with one attached hydrogen (secondary N) is 1. The largest absolute Gasteiger partial charge is 0.326 e. The summed E-state index contributed by atoms with van der Waals surface area (Å²) in [5.74, 6) is 0.117. The predicted molar refractivity (Wildman–Crippen MR) is 78.1 cm³/mol. The van der Waals surface area contributed by atoms with Crippen molar-refractivity contribution in [2.24, 2.45) is 0 Å². The summed E-state index contributed by atoms with van der Waals surface area (Å²) in [4.78, 5) is 14.0. The molecular formula is C16H20N2O. The Morgan fingerprint density at radius 2 is 2.26 bits per heavy atom. The van der Waals surface area contributed by atoms with Gasteiger partial charge in [-0.1, -0.05) is 25.1 Å². The summed E-state index contributed by atoms with van der Waals surface area (Å²) in [5.41, 5.74) is 4.86. The molecule has 1 amide bonds. The lowest BCUT2D eigenvalue weighted by atomic mass is 9.93. The van der Waals surface area contributed by atoms with Crippen molar-refractivity contribution in [2.45, 2.75) is 26.2 Å². The van der Waals surface area contributed by atoms with Crippen LogP contribution in [0.1, 0.15) is 30.9 Å². The zero-order valence-corrected chi connectivity index (χ0v) is 11.4.